The van der Waals surface area contributed by atoms with E-state index in [2.05, 4.69) is 15.3 Å². The quantitative estimate of drug-likeness (QED) is 0.716. The molecule has 1 aliphatic rings. The number of carboxylic acid groups (broad SMARTS) is 1. The van der Waals surface area contributed by atoms with Crippen molar-refractivity contribution in [1.82, 2.24) is 14.5 Å². The molecule has 138 valence electrons. The molecule has 7 nitrogen and oxygen atoms in total. The van der Waals surface area contributed by atoms with E-state index in [4.69, 9.17) is 0 Å². The highest BCUT2D eigenvalue weighted by Crippen LogP contribution is 2.31. The first-order chi connectivity index (χ1) is 13.0. The third-order valence-corrected chi connectivity index (χ3v) is 5.05. The highest BCUT2D eigenvalue weighted by Gasteiger charge is 2.26. The Morgan fingerprint density at radius 2 is 2.15 bits per heavy atom. The van der Waals surface area contributed by atoms with E-state index in [9.17, 15) is 19.1 Å². The fourth-order valence-corrected chi connectivity index (χ4v) is 3.73. The molecule has 4 rings (SSSR count). The number of anilines is 1. The van der Waals surface area contributed by atoms with Crippen LogP contribution in [0.4, 0.5) is 10.1 Å². The number of aromatic nitrogens is 3. The molecule has 0 aliphatic carbocycles. The van der Waals surface area contributed by atoms with Crippen molar-refractivity contribution >= 4 is 23.0 Å². The van der Waals surface area contributed by atoms with Gasteiger partial charge in [0.2, 0.25) is 0 Å². The van der Waals surface area contributed by atoms with Crippen LogP contribution in [-0.4, -0.2) is 25.6 Å². The maximum absolute atomic E-state index is 13.2. The van der Waals surface area contributed by atoms with Crippen LogP contribution >= 0.6 is 11.3 Å². The second kappa shape index (κ2) is 6.92. The molecule has 0 radical (unpaired) electrons. The Morgan fingerprint density at radius 3 is 2.81 bits per heavy atom. The predicted molar refractivity (Wildman–Crippen MR) is 98.3 cm³/mol. The van der Waals surface area contributed by atoms with Gasteiger partial charge in [-0.2, -0.15) is 0 Å². The number of aryl methyl sites for hydroxylation is 1. The lowest BCUT2D eigenvalue weighted by Gasteiger charge is -2.27. The molecule has 0 bridgehead atoms. The standard InChI is InChI=1S/C18H15FN4O3S/c19-11-3-1-10(2-4-11)12-5-6-13-16(21-12)18(26)23(7-15(24)25)17(22-13)14-8-27-9-20-14/h1-4,8-9,12,21H,5-7H2,(H,24,25)/t12-/m0/s1. The molecule has 9 heteroatoms. The monoisotopic (exact) mass is 386 g/mol. The number of thiazole rings is 1. The molecule has 1 aromatic carbocycles. The van der Waals surface area contributed by atoms with E-state index in [1.165, 1.54) is 23.5 Å². The topological polar surface area (TPSA) is 97.1 Å². The van der Waals surface area contributed by atoms with Gasteiger partial charge in [-0.25, -0.2) is 14.4 Å². The van der Waals surface area contributed by atoms with Crippen molar-refractivity contribution in [2.75, 3.05) is 5.32 Å². The van der Waals surface area contributed by atoms with Crippen molar-refractivity contribution in [3.05, 3.63) is 62.6 Å². The first-order valence-corrected chi connectivity index (χ1v) is 9.23. The average Bonchev–Trinajstić information content (AvgIpc) is 3.18. The van der Waals surface area contributed by atoms with Crippen molar-refractivity contribution in [3.8, 4) is 11.5 Å². The molecule has 2 N–H and O–H groups in total. The summed E-state index contributed by atoms with van der Waals surface area (Å²) in [4.78, 5) is 33.0. The summed E-state index contributed by atoms with van der Waals surface area (Å²) in [5, 5.41) is 14.1. The van der Waals surface area contributed by atoms with Gasteiger partial charge in [-0.1, -0.05) is 12.1 Å². The predicted octanol–water partition coefficient (Wildman–Crippen LogP) is 2.69. The molecule has 27 heavy (non-hydrogen) atoms. The molecule has 3 aromatic rings. The third-order valence-electron chi connectivity index (χ3n) is 4.46. The largest absolute Gasteiger partial charge is 0.480 e. The van der Waals surface area contributed by atoms with Crippen LogP contribution in [0.1, 0.15) is 23.7 Å². The summed E-state index contributed by atoms with van der Waals surface area (Å²) in [6.45, 7) is -0.505. The first-order valence-electron chi connectivity index (χ1n) is 8.29. The van der Waals surface area contributed by atoms with E-state index >= 15 is 0 Å². The molecule has 3 heterocycles. The fraction of sp³-hybridized carbons (Fsp3) is 0.222. The zero-order chi connectivity index (χ0) is 19.0. The molecule has 0 fully saturated rings. The van der Waals surface area contributed by atoms with Crippen LogP contribution in [0, 0.1) is 5.82 Å². The average molecular weight is 386 g/mol. The Kier molecular flexibility index (Phi) is 4.44. The molecule has 0 saturated carbocycles. The van der Waals surface area contributed by atoms with Gasteiger partial charge < -0.3 is 10.4 Å². The number of aliphatic carboxylic acids is 1. The molecular formula is C18H15FN4O3S. The number of carbonyl (C=O) groups is 1. The Hall–Kier alpha value is -3.07. The number of nitrogens with one attached hydrogen (secondary N) is 1. The van der Waals surface area contributed by atoms with Gasteiger partial charge >= 0.3 is 5.97 Å². The molecule has 0 saturated heterocycles. The highest BCUT2D eigenvalue weighted by molar-refractivity contribution is 7.07. The van der Waals surface area contributed by atoms with E-state index in [1.54, 1.807) is 23.0 Å². The van der Waals surface area contributed by atoms with Gasteiger partial charge in [-0.15, -0.1) is 11.3 Å². The van der Waals surface area contributed by atoms with E-state index in [1.807, 2.05) is 0 Å². The van der Waals surface area contributed by atoms with Crippen LogP contribution in [0.5, 0.6) is 0 Å². The van der Waals surface area contributed by atoms with Crippen LogP contribution in [0.25, 0.3) is 11.5 Å². The van der Waals surface area contributed by atoms with Crippen LogP contribution < -0.4 is 10.9 Å². The van der Waals surface area contributed by atoms with Gasteiger partial charge in [0.25, 0.3) is 5.56 Å². The number of hydrogen-bond donors (Lipinski definition) is 2. The normalized spacial score (nSPS) is 15.8. The maximum atomic E-state index is 13.2. The van der Waals surface area contributed by atoms with Gasteiger partial charge in [-0.3, -0.25) is 14.2 Å². The first kappa shape index (κ1) is 17.3. The van der Waals surface area contributed by atoms with Gasteiger partial charge in [-0.05, 0) is 30.5 Å². The second-order valence-corrected chi connectivity index (χ2v) is 6.92. The summed E-state index contributed by atoms with van der Waals surface area (Å²) in [5.74, 6) is -1.21. The molecule has 0 spiro atoms. The van der Waals surface area contributed by atoms with Gasteiger partial charge in [0, 0.05) is 5.38 Å². The zero-order valence-corrected chi connectivity index (χ0v) is 14.9. The molecule has 2 aromatic heterocycles. The Balaban J connectivity index is 1.78. The minimum absolute atomic E-state index is 0.170. The Labute approximate surface area is 157 Å². The number of hydrogen-bond acceptors (Lipinski definition) is 6. The van der Waals surface area contributed by atoms with Crippen molar-refractivity contribution < 1.29 is 14.3 Å². The van der Waals surface area contributed by atoms with E-state index < -0.39 is 18.1 Å². The minimum atomic E-state index is -1.14. The van der Waals surface area contributed by atoms with Gasteiger partial charge in [0.15, 0.2) is 5.82 Å². The molecule has 1 atom stereocenters. The lowest BCUT2D eigenvalue weighted by molar-refractivity contribution is -0.137. The van der Waals surface area contributed by atoms with Crippen molar-refractivity contribution in [3.63, 3.8) is 0 Å². The molecule has 0 unspecified atom stereocenters. The molecular weight excluding hydrogens is 371 g/mol. The van der Waals surface area contributed by atoms with E-state index in [0.717, 1.165) is 10.1 Å². The Bertz CT molecular complexity index is 1050. The summed E-state index contributed by atoms with van der Waals surface area (Å²) in [5.41, 5.74) is 3.36. The Morgan fingerprint density at radius 1 is 1.37 bits per heavy atom. The van der Waals surface area contributed by atoms with Crippen molar-refractivity contribution in [2.45, 2.75) is 25.4 Å². The van der Waals surface area contributed by atoms with Crippen LogP contribution in [0.2, 0.25) is 0 Å². The molecule has 0 amide bonds. The fourth-order valence-electron chi connectivity index (χ4n) is 3.20. The minimum Gasteiger partial charge on any atom is -0.480 e. The number of fused-ring (bicyclic) bond motifs is 1. The van der Waals surface area contributed by atoms with E-state index in [0.29, 0.717) is 24.2 Å². The maximum Gasteiger partial charge on any atom is 0.323 e. The summed E-state index contributed by atoms with van der Waals surface area (Å²) in [7, 11) is 0. The van der Waals surface area contributed by atoms with Crippen molar-refractivity contribution in [1.29, 1.82) is 0 Å². The SMILES string of the molecule is O=C(O)Cn1c(-c2cscn2)nc2c(c1=O)N[C@H](c1ccc(F)cc1)CC2. The summed E-state index contributed by atoms with van der Waals surface area (Å²) >= 11 is 1.34. The smallest absolute Gasteiger partial charge is 0.323 e. The summed E-state index contributed by atoms with van der Waals surface area (Å²) in [6.07, 6.45) is 1.23. The van der Waals surface area contributed by atoms with Crippen LogP contribution in [0.3, 0.4) is 0 Å². The second-order valence-electron chi connectivity index (χ2n) is 6.20. The van der Waals surface area contributed by atoms with Gasteiger partial charge in [0.1, 0.15) is 23.7 Å². The lowest BCUT2D eigenvalue weighted by atomic mass is 9.96. The van der Waals surface area contributed by atoms with Crippen molar-refractivity contribution in [2.24, 2.45) is 0 Å². The number of benzene rings is 1. The number of halogens is 1. The lowest BCUT2D eigenvalue weighted by Crippen LogP contribution is -2.33. The number of carboxylic acids is 1. The number of nitrogens with zero attached hydrogens (tertiary/aromatic N) is 3. The van der Waals surface area contributed by atoms with Crippen LogP contribution in [-0.2, 0) is 17.8 Å². The molecule has 1 aliphatic heterocycles. The number of rotatable bonds is 4. The summed E-state index contributed by atoms with van der Waals surface area (Å²) in [6, 6.07) is 5.92. The zero-order valence-electron chi connectivity index (χ0n) is 14.1. The van der Waals surface area contributed by atoms with Gasteiger partial charge in [0.05, 0.1) is 17.2 Å². The van der Waals surface area contributed by atoms with Crippen LogP contribution in [0.15, 0.2) is 40.0 Å². The third kappa shape index (κ3) is 3.33. The van der Waals surface area contributed by atoms with E-state index in [-0.39, 0.29) is 23.4 Å². The highest BCUT2D eigenvalue weighted by atomic mass is 32.1. The summed E-state index contributed by atoms with van der Waals surface area (Å²) < 4.78 is 14.3.